The van der Waals surface area contributed by atoms with E-state index in [1.807, 2.05) is 20.8 Å². The molecule has 0 radical (unpaired) electrons. The Balaban J connectivity index is 2.55. The Morgan fingerprint density at radius 1 is 0.975 bits per heavy atom. The third kappa shape index (κ3) is 7.07. The van der Waals surface area contributed by atoms with Gasteiger partial charge in [0.05, 0.1) is 35.4 Å². The standard InChI is InChI=1S/C30H55NO9/c1-12-21-30(10,36)25(32)17(4)23(31)15(2)13-28(8,35)19(6)16(3)24(18(5)27(34)39-21)40-22-14-29(9,37-11)26(33)20(7)38-22/h15-22,24-26,31-33,35-36H,12-14H2,1-11H3/t15-,16-,17+,18-,19-,20+,21-,22+,24+,25-,26+,28-,29-,30-/m1/s1. The van der Waals surface area contributed by atoms with E-state index in [0.29, 0.717) is 0 Å². The molecule has 40 heavy (non-hydrogen) atoms. The molecule has 2 aliphatic heterocycles. The highest BCUT2D eigenvalue weighted by atomic mass is 16.7. The molecule has 10 nitrogen and oxygen atoms in total. The molecule has 2 rings (SSSR count). The van der Waals surface area contributed by atoms with Gasteiger partial charge < -0.3 is 44.8 Å². The van der Waals surface area contributed by atoms with Crippen LogP contribution in [0.3, 0.4) is 0 Å². The third-order valence-corrected chi connectivity index (χ3v) is 10.0. The number of esters is 1. The predicted octanol–water partition coefficient (Wildman–Crippen LogP) is 3.06. The van der Waals surface area contributed by atoms with Crippen molar-refractivity contribution in [1.29, 1.82) is 5.41 Å². The molecule has 2 saturated heterocycles. The van der Waals surface area contributed by atoms with Crippen molar-refractivity contribution in [3.63, 3.8) is 0 Å². The molecular formula is C30H55NO9. The average molecular weight is 574 g/mol. The molecule has 0 amide bonds. The van der Waals surface area contributed by atoms with E-state index in [9.17, 15) is 25.2 Å². The molecular weight excluding hydrogens is 518 g/mol. The highest BCUT2D eigenvalue weighted by molar-refractivity contribution is 5.86. The van der Waals surface area contributed by atoms with Crippen LogP contribution >= 0.6 is 0 Å². The molecule has 2 aliphatic rings. The lowest BCUT2D eigenvalue weighted by atomic mass is 9.70. The molecule has 10 heteroatoms. The fraction of sp³-hybridized carbons (Fsp3) is 0.933. The van der Waals surface area contributed by atoms with Crippen LogP contribution in [-0.4, -0.2) is 92.8 Å². The number of cyclic esters (lactones) is 1. The zero-order valence-corrected chi connectivity index (χ0v) is 26.3. The van der Waals surface area contributed by atoms with E-state index in [-0.39, 0.29) is 42.7 Å². The molecule has 0 saturated carbocycles. The lowest BCUT2D eigenvalue weighted by Crippen LogP contribution is -2.58. The zero-order valence-electron chi connectivity index (χ0n) is 26.3. The minimum atomic E-state index is -1.82. The number of carbonyl (C=O) groups is 1. The van der Waals surface area contributed by atoms with Crippen molar-refractivity contribution in [2.24, 2.45) is 29.6 Å². The lowest BCUT2D eigenvalue weighted by Gasteiger charge is -2.47. The van der Waals surface area contributed by atoms with Gasteiger partial charge in [-0.05, 0) is 65.2 Å². The highest BCUT2D eigenvalue weighted by Crippen LogP contribution is 2.40. The Morgan fingerprint density at radius 2 is 1.55 bits per heavy atom. The van der Waals surface area contributed by atoms with Gasteiger partial charge >= 0.3 is 5.97 Å². The van der Waals surface area contributed by atoms with Crippen molar-refractivity contribution in [2.75, 3.05) is 7.11 Å². The smallest absolute Gasteiger partial charge is 0.311 e. The van der Waals surface area contributed by atoms with Gasteiger partial charge in [-0.2, -0.15) is 0 Å². The van der Waals surface area contributed by atoms with Crippen molar-refractivity contribution in [1.82, 2.24) is 0 Å². The van der Waals surface area contributed by atoms with Gasteiger partial charge in [-0.3, -0.25) is 4.79 Å². The molecule has 2 fully saturated rings. The summed E-state index contributed by atoms with van der Waals surface area (Å²) < 4.78 is 24.0. The van der Waals surface area contributed by atoms with Crippen LogP contribution in [0.4, 0.5) is 0 Å². The second-order valence-corrected chi connectivity index (χ2v) is 13.2. The van der Waals surface area contributed by atoms with Crippen LogP contribution in [0.25, 0.3) is 0 Å². The van der Waals surface area contributed by atoms with Crippen LogP contribution in [0.2, 0.25) is 0 Å². The van der Waals surface area contributed by atoms with Gasteiger partial charge in [-0.25, -0.2) is 0 Å². The Morgan fingerprint density at radius 3 is 2.08 bits per heavy atom. The number of rotatable bonds is 4. The maximum absolute atomic E-state index is 13.6. The van der Waals surface area contributed by atoms with E-state index < -0.39 is 71.4 Å². The van der Waals surface area contributed by atoms with E-state index in [1.54, 1.807) is 41.5 Å². The van der Waals surface area contributed by atoms with Gasteiger partial charge in [-0.15, -0.1) is 0 Å². The van der Waals surface area contributed by atoms with Crippen molar-refractivity contribution in [3.8, 4) is 0 Å². The van der Waals surface area contributed by atoms with Crippen LogP contribution in [0.5, 0.6) is 0 Å². The summed E-state index contributed by atoms with van der Waals surface area (Å²) in [7, 11) is 1.52. The Bertz CT molecular complexity index is 879. The largest absolute Gasteiger partial charge is 0.459 e. The quantitative estimate of drug-likeness (QED) is 0.319. The minimum absolute atomic E-state index is 0.203. The van der Waals surface area contributed by atoms with Crippen LogP contribution in [0.1, 0.15) is 88.5 Å². The first-order valence-electron chi connectivity index (χ1n) is 14.7. The second kappa shape index (κ2) is 13.0. The van der Waals surface area contributed by atoms with E-state index in [0.717, 1.165) is 0 Å². The third-order valence-electron chi connectivity index (χ3n) is 10.0. The maximum atomic E-state index is 13.6. The van der Waals surface area contributed by atoms with Gasteiger partial charge in [-0.1, -0.05) is 34.6 Å². The zero-order chi connectivity index (χ0) is 31.0. The number of ether oxygens (including phenoxy) is 4. The maximum Gasteiger partial charge on any atom is 0.311 e. The number of methoxy groups -OCH3 is 1. The van der Waals surface area contributed by atoms with Crippen molar-refractivity contribution >= 4 is 11.7 Å². The van der Waals surface area contributed by atoms with Gasteiger partial charge in [0.25, 0.3) is 0 Å². The molecule has 5 N–H and O–H groups in total. The first-order valence-corrected chi connectivity index (χ1v) is 14.7. The van der Waals surface area contributed by atoms with Gasteiger partial charge in [0, 0.05) is 25.2 Å². The number of hydrogen-bond acceptors (Lipinski definition) is 10. The Hall–Kier alpha value is -1.14. The minimum Gasteiger partial charge on any atom is -0.459 e. The number of aliphatic hydroxyl groups excluding tert-OH is 2. The summed E-state index contributed by atoms with van der Waals surface area (Å²) in [4.78, 5) is 13.6. The number of hydrogen-bond donors (Lipinski definition) is 5. The molecule has 0 unspecified atom stereocenters. The summed E-state index contributed by atoms with van der Waals surface area (Å²) in [6.07, 6.45) is -4.73. The van der Waals surface area contributed by atoms with E-state index in [2.05, 4.69) is 0 Å². The topological polar surface area (TPSA) is 159 Å². The number of carbonyl (C=O) groups excluding carboxylic acids is 1. The molecule has 0 bridgehead atoms. The molecule has 2 heterocycles. The van der Waals surface area contributed by atoms with Crippen molar-refractivity contribution in [2.45, 2.75) is 142 Å². The van der Waals surface area contributed by atoms with E-state index in [1.165, 1.54) is 14.0 Å². The summed E-state index contributed by atoms with van der Waals surface area (Å²) in [6.45, 7) is 17.4. The SMILES string of the molecule is CC[C@H]1OC(=O)[C@H](C)[C@@H](O[C@H]2C[C@@](C)(OC)[C@@H](O)[C@H](C)O2)[C@H](C)[C@@H](C)[C@](C)(O)C[C@@H](C)C(=N)[C@H](C)[C@@H](O)[C@]1(C)O. The van der Waals surface area contributed by atoms with Gasteiger partial charge in [0.15, 0.2) is 6.29 Å². The summed E-state index contributed by atoms with van der Waals surface area (Å²) in [5, 5.41) is 53.6. The molecule has 0 aromatic heterocycles. The molecule has 234 valence electrons. The van der Waals surface area contributed by atoms with E-state index in [4.69, 9.17) is 24.4 Å². The molecule has 0 spiro atoms. The van der Waals surface area contributed by atoms with Gasteiger partial charge in [0.2, 0.25) is 0 Å². The van der Waals surface area contributed by atoms with Crippen LogP contribution in [0.15, 0.2) is 0 Å². The second-order valence-electron chi connectivity index (χ2n) is 13.2. The normalized spacial score (nSPS) is 50.2. The average Bonchev–Trinajstić information content (AvgIpc) is 2.89. The molecule has 0 aromatic carbocycles. The summed E-state index contributed by atoms with van der Waals surface area (Å²) in [5.41, 5.74) is -3.80. The van der Waals surface area contributed by atoms with Crippen LogP contribution < -0.4 is 0 Å². The molecule has 0 aliphatic carbocycles. The fourth-order valence-corrected chi connectivity index (χ4v) is 6.55. The van der Waals surface area contributed by atoms with Gasteiger partial charge in [0.1, 0.15) is 17.8 Å². The predicted molar refractivity (Wildman–Crippen MR) is 151 cm³/mol. The highest BCUT2D eigenvalue weighted by Gasteiger charge is 2.50. The van der Waals surface area contributed by atoms with Crippen molar-refractivity contribution < 1.29 is 44.2 Å². The lowest BCUT2D eigenvalue weighted by molar-refractivity contribution is -0.298. The van der Waals surface area contributed by atoms with Crippen LogP contribution in [0, 0.1) is 35.0 Å². The molecule has 14 atom stereocenters. The number of nitrogens with one attached hydrogen (secondary N) is 1. The first-order chi connectivity index (χ1) is 18.2. The summed E-state index contributed by atoms with van der Waals surface area (Å²) in [6, 6.07) is 0. The summed E-state index contributed by atoms with van der Waals surface area (Å²) in [5.74, 6) is -3.31. The van der Waals surface area contributed by atoms with Crippen molar-refractivity contribution in [3.05, 3.63) is 0 Å². The Labute approximate surface area is 240 Å². The Kier molecular flexibility index (Phi) is 11.4. The molecule has 0 aromatic rings. The fourth-order valence-electron chi connectivity index (χ4n) is 6.55. The van der Waals surface area contributed by atoms with E-state index >= 15 is 0 Å². The number of aliphatic hydroxyl groups is 4. The van der Waals surface area contributed by atoms with Crippen LogP contribution in [-0.2, 0) is 23.7 Å². The monoisotopic (exact) mass is 573 g/mol. The first kappa shape index (κ1) is 35.1. The summed E-state index contributed by atoms with van der Waals surface area (Å²) >= 11 is 0.